The van der Waals surface area contributed by atoms with Crippen LogP contribution in [0, 0.1) is 0 Å². The summed E-state index contributed by atoms with van der Waals surface area (Å²) in [4.78, 5) is 8.74. The average molecular weight is 259 g/mol. The fourth-order valence-electron chi connectivity index (χ4n) is 1.88. The molecule has 0 aromatic carbocycles. The zero-order chi connectivity index (χ0) is 12.4. The van der Waals surface area contributed by atoms with Gasteiger partial charge >= 0.3 is 0 Å². The molecule has 3 aromatic heterocycles. The van der Waals surface area contributed by atoms with Crippen molar-refractivity contribution in [1.29, 1.82) is 0 Å². The smallest absolute Gasteiger partial charge is 0.152 e. The van der Waals surface area contributed by atoms with Gasteiger partial charge in [-0.05, 0) is 12.5 Å². The van der Waals surface area contributed by atoms with Crippen molar-refractivity contribution in [1.82, 2.24) is 19.6 Å². The number of hydrogen-bond acceptors (Lipinski definition) is 5. The van der Waals surface area contributed by atoms with E-state index in [1.165, 1.54) is 0 Å². The lowest BCUT2D eigenvalue weighted by atomic mass is 10.2. The fraction of sp³-hybridized carbons (Fsp3) is 0.250. The van der Waals surface area contributed by atoms with Crippen molar-refractivity contribution in [3.05, 3.63) is 41.2 Å². The lowest BCUT2D eigenvalue weighted by molar-refractivity contribution is 0.737. The van der Waals surface area contributed by atoms with E-state index in [9.17, 15) is 0 Å². The molecule has 18 heavy (non-hydrogen) atoms. The Bertz CT molecular complexity index is 631. The molecule has 6 heteroatoms. The molecule has 0 aliphatic rings. The highest BCUT2D eigenvalue weighted by Crippen LogP contribution is 2.24. The summed E-state index contributed by atoms with van der Waals surface area (Å²) < 4.78 is 1.81. The second kappa shape index (κ2) is 4.73. The average Bonchev–Trinajstić information content (AvgIpc) is 3.06. The van der Waals surface area contributed by atoms with E-state index >= 15 is 0 Å². The summed E-state index contributed by atoms with van der Waals surface area (Å²) in [6.45, 7) is 2.13. The van der Waals surface area contributed by atoms with Crippen LogP contribution < -0.4 is 5.32 Å². The Hall–Kier alpha value is -1.95. The van der Waals surface area contributed by atoms with E-state index in [4.69, 9.17) is 0 Å². The van der Waals surface area contributed by atoms with Crippen molar-refractivity contribution in [3.8, 4) is 0 Å². The van der Waals surface area contributed by atoms with Crippen molar-refractivity contribution in [2.24, 2.45) is 0 Å². The highest BCUT2D eigenvalue weighted by Gasteiger charge is 2.14. The summed E-state index contributed by atoms with van der Waals surface area (Å²) in [5, 5.41) is 10.7. The van der Waals surface area contributed by atoms with Gasteiger partial charge in [0.15, 0.2) is 5.82 Å². The number of hydrogen-bond donors (Lipinski definition) is 1. The number of nitrogens with one attached hydrogen (secondary N) is 1. The Morgan fingerprint density at radius 1 is 1.33 bits per heavy atom. The maximum Gasteiger partial charge on any atom is 0.152 e. The Labute approximate surface area is 109 Å². The molecule has 0 spiro atoms. The lowest BCUT2D eigenvalue weighted by Gasteiger charge is -2.15. The lowest BCUT2D eigenvalue weighted by Crippen LogP contribution is -2.11. The van der Waals surface area contributed by atoms with Gasteiger partial charge < -0.3 is 5.32 Å². The van der Waals surface area contributed by atoms with Gasteiger partial charge in [-0.15, -0.1) is 11.3 Å². The largest absolute Gasteiger partial charge is 0.359 e. The van der Waals surface area contributed by atoms with Gasteiger partial charge in [0.05, 0.1) is 12.2 Å². The second-order valence-corrected chi connectivity index (χ2v) is 4.84. The first-order valence-electron chi connectivity index (χ1n) is 5.82. The van der Waals surface area contributed by atoms with Crippen LogP contribution >= 0.6 is 11.3 Å². The summed E-state index contributed by atoms with van der Waals surface area (Å²) >= 11 is 1.66. The monoisotopic (exact) mass is 259 g/mol. The van der Waals surface area contributed by atoms with Crippen LogP contribution in [0.5, 0.6) is 0 Å². The third kappa shape index (κ3) is 1.95. The third-order valence-electron chi connectivity index (χ3n) is 2.79. The summed E-state index contributed by atoms with van der Waals surface area (Å²) in [6, 6.07) is 2.14. The van der Waals surface area contributed by atoms with Crippen molar-refractivity contribution in [2.45, 2.75) is 19.4 Å². The van der Waals surface area contributed by atoms with Crippen molar-refractivity contribution >= 4 is 22.7 Å². The standard InChI is InChI=1S/C12H13N5S/c1-2-9(12-14-6-8-18-12)16-11-10-3-4-15-17(10)7-5-13-11/h3-9H,2H2,1H3,(H,13,16). The van der Waals surface area contributed by atoms with Gasteiger partial charge in [0, 0.05) is 24.0 Å². The minimum Gasteiger partial charge on any atom is -0.359 e. The second-order valence-electron chi connectivity index (χ2n) is 3.91. The minimum atomic E-state index is 0.193. The molecule has 0 saturated carbocycles. The molecule has 1 unspecified atom stereocenters. The number of aromatic nitrogens is 4. The van der Waals surface area contributed by atoms with Crippen molar-refractivity contribution in [2.75, 3.05) is 5.32 Å². The van der Waals surface area contributed by atoms with Gasteiger partial charge in [0.2, 0.25) is 0 Å². The van der Waals surface area contributed by atoms with E-state index in [0.717, 1.165) is 22.8 Å². The molecule has 3 heterocycles. The Balaban J connectivity index is 1.93. The van der Waals surface area contributed by atoms with Crippen LogP contribution in [0.1, 0.15) is 24.4 Å². The molecule has 3 aromatic rings. The maximum atomic E-state index is 4.38. The van der Waals surface area contributed by atoms with Crippen LogP contribution in [0.15, 0.2) is 36.2 Å². The van der Waals surface area contributed by atoms with Gasteiger partial charge in [0.25, 0.3) is 0 Å². The molecule has 0 fully saturated rings. The van der Waals surface area contributed by atoms with E-state index in [-0.39, 0.29) is 6.04 Å². The Morgan fingerprint density at radius 2 is 2.28 bits per heavy atom. The Morgan fingerprint density at radius 3 is 3.06 bits per heavy atom. The number of thiazole rings is 1. The molecule has 0 bridgehead atoms. The van der Waals surface area contributed by atoms with Crippen LogP contribution in [0.3, 0.4) is 0 Å². The summed E-state index contributed by atoms with van der Waals surface area (Å²) in [5.74, 6) is 0.844. The number of nitrogens with zero attached hydrogens (tertiary/aromatic N) is 4. The van der Waals surface area contributed by atoms with Crippen LogP contribution in [0.2, 0.25) is 0 Å². The zero-order valence-corrected chi connectivity index (χ0v) is 10.8. The van der Waals surface area contributed by atoms with E-state index in [0.29, 0.717) is 0 Å². The molecular formula is C12H13N5S. The van der Waals surface area contributed by atoms with Gasteiger partial charge in [-0.2, -0.15) is 5.10 Å². The molecule has 1 N–H and O–H groups in total. The molecule has 0 saturated heterocycles. The highest BCUT2D eigenvalue weighted by molar-refractivity contribution is 7.09. The zero-order valence-electron chi connectivity index (χ0n) is 9.95. The summed E-state index contributed by atoms with van der Waals surface area (Å²) in [5.41, 5.74) is 0.979. The minimum absolute atomic E-state index is 0.193. The number of rotatable bonds is 4. The van der Waals surface area contributed by atoms with E-state index < -0.39 is 0 Å². The van der Waals surface area contributed by atoms with E-state index in [2.05, 4.69) is 27.3 Å². The van der Waals surface area contributed by atoms with Crippen LogP contribution in [0.25, 0.3) is 5.52 Å². The van der Waals surface area contributed by atoms with Crippen molar-refractivity contribution < 1.29 is 0 Å². The molecule has 0 amide bonds. The predicted molar refractivity (Wildman–Crippen MR) is 71.8 cm³/mol. The van der Waals surface area contributed by atoms with Gasteiger partial charge in [-0.3, -0.25) is 0 Å². The first-order chi connectivity index (χ1) is 8.88. The number of anilines is 1. The fourth-order valence-corrected chi connectivity index (χ4v) is 2.65. The van der Waals surface area contributed by atoms with E-state index in [1.54, 1.807) is 23.7 Å². The maximum absolute atomic E-state index is 4.38. The van der Waals surface area contributed by atoms with Crippen molar-refractivity contribution in [3.63, 3.8) is 0 Å². The third-order valence-corrected chi connectivity index (χ3v) is 3.68. The summed E-state index contributed by atoms with van der Waals surface area (Å²) in [7, 11) is 0. The quantitative estimate of drug-likeness (QED) is 0.782. The molecule has 0 aliphatic carbocycles. The molecule has 92 valence electrons. The van der Waals surface area contributed by atoms with Crippen LogP contribution in [0.4, 0.5) is 5.82 Å². The van der Waals surface area contributed by atoms with Gasteiger partial charge in [0.1, 0.15) is 10.5 Å². The number of fused-ring (bicyclic) bond motifs is 1. The van der Waals surface area contributed by atoms with Crippen LogP contribution in [-0.2, 0) is 0 Å². The first-order valence-corrected chi connectivity index (χ1v) is 6.70. The van der Waals surface area contributed by atoms with Gasteiger partial charge in [-0.25, -0.2) is 14.5 Å². The molecule has 5 nitrogen and oxygen atoms in total. The molecular weight excluding hydrogens is 246 g/mol. The first kappa shape index (κ1) is 11.2. The summed E-state index contributed by atoms with van der Waals surface area (Å²) in [6.07, 6.45) is 8.15. The van der Waals surface area contributed by atoms with Gasteiger partial charge in [-0.1, -0.05) is 6.92 Å². The van der Waals surface area contributed by atoms with E-state index in [1.807, 2.05) is 28.4 Å². The highest BCUT2D eigenvalue weighted by atomic mass is 32.1. The normalized spacial score (nSPS) is 12.7. The topological polar surface area (TPSA) is 55.1 Å². The molecule has 3 rings (SSSR count). The SMILES string of the molecule is CCC(Nc1nccn2nccc12)c1nccs1. The predicted octanol–water partition coefficient (Wildman–Crippen LogP) is 2.75. The molecule has 1 atom stereocenters. The molecule has 0 aliphatic heterocycles. The Kier molecular flexibility index (Phi) is 2.93. The van der Waals surface area contributed by atoms with Crippen LogP contribution in [-0.4, -0.2) is 19.6 Å². The molecule has 0 radical (unpaired) electrons.